The normalized spacial score (nSPS) is 14.4. The Morgan fingerprint density at radius 1 is 1.33 bits per heavy atom. The van der Waals surface area contributed by atoms with Crippen LogP contribution >= 0.6 is 0 Å². The minimum Gasteiger partial charge on any atom is -0.300 e. The maximum absolute atomic E-state index is 11.3. The quantitative estimate of drug-likeness (QED) is 0.631. The Balaban J connectivity index is 4.15. The first-order valence-corrected chi connectivity index (χ1v) is 4.90. The molecule has 0 unspecified atom stereocenters. The average molecular weight is 170 g/mol. The summed E-state index contributed by atoms with van der Waals surface area (Å²) in [5, 5.41) is 0. The lowest BCUT2D eigenvalue weighted by Gasteiger charge is -2.28. The summed E-state index contributed by atoms with van der Waals surface area (Å²) in [5.74, 6) is 0.591. The molecule has 0 aliphatic heterocycles. The van der Waals surface area contributed by atoms with E-state index in [-0.39, 0.29) is 11.3 Å². The molecular weight excluding hydrogens is 148 g/mol. The van der Waals surface area contributed by atoms with Crippen LogP contribution < -0.4 is 0 Å². The van der Waals surface area contributed by atoms with Crippen molar-refractivity contribution in [3.05, 3.63) is 0 Å². The molecule has 0 radical (unpaired) electrons. The second-order valence-electron chi connectivity index (χ2n) is 4.67. The van der Waals surface area contributed by atoms with E-state index in [1.54, 1.807) is 6.92 Å². The van der Waals surface area contributed by atoms with E-state index in [2.05, 4.69) is 27.7 Å². The van der Waals surface area contributed by atoms with Crippen molar-refractivity contribution >= 4 is 5.78 Å². The third-order valence-electron chi connectivity index (χ3n) is 2.38. The van der Waals surface area contributed by atoms with Gasteiger partial charge < -0.3 is 0 Å². The van der Waals surface area contributed by atoms with Crippen LogP contribution in [0.5, 0.6) is 0 Å². The van der Waals surface area contributed by atoms with Gasteiger partial charge in [0.15, 0.2) is 0 Å². The molecule has 72 valence electrons. The van der Waals surface area contributed by atoms with Crippen LogP contribution in [0.15, 0.2) is 0 Å². The zero-order chi connectivity index (χ0) is 9.78. The summed E-state index contributed by atoms with van der Waals surface area (Å²) >= 11 is 0. The van der Waals surface area contributed by atoms with Gasteiger partial charge in [0, 0.05) is 5.92 Å². The Morgan fingerprint density at radius 2 is 1.83 bits per heavy atom. The zero-order valence-electron chi connectivity index (χ0n) is 9.11. The molecule has 0 N–H and O–H groups in total. The monoisotopic (exact) mass is 170 g/mol. The third-order valence-corrected chi connectivity index (χ3v) is 2.38. The maximum Gasteiger partial charge on any atom is 0.133 e. The molecule has 12 heavy (non-hydrogen) atoms. The molecule has 0 amide bonds. The lowest BCUT2D eigenvalue weighted by atomic mass is 9.76. The van der Waals surface area contributed by atoms with Crippen molar-refractivity contribution in [1.82, 2.24) is 0 Å². The molecule has 1 nitrogen and oxygen atoms in total. The van der Waals surface area contributed by atoms with Crippen LogP contribution in [0.2, 0.25) is 0 Å². The van der Waals surface area contributed by atoms with Crippen LogP contribution in [0.25, 0.3) is 0 Å². The Bertz CT molecular complexity index is 142. The summed E-state index contributed by atoms with van der Waals surface area (Å²) in [4.78, 5) is 11.3. The molecule has 0 heterocycles. The van der Waals surface area contributed by atoms with Crippen LogP contribution in [-0.2, 0) is 4.79 Å². The first-order chi connectivity index (χ1) is 5.39. The zero-order valence-corrected chi connectivity index (χ0v) is 9.11. The van der Waals surface area contributed by atoms with Gasteiger partial charge in [-0.25, -0.2) is 0 Å². The van der Waals surface area contributed by atoms with Gasteiger partial charge in [0.2, 0.25) is 0 Å². The van der Waals surface area contributed by atoms with Crippen molar-refractivity contribution in [2.24, 2.45) is 11.3 Å². The van der Waals surface area contributed by atoms with Gasteiger partial charge in [-0.3, -0.25) is 4.79 Å². The highest BCUT2D eigenvalue weighted by Crippen LogP contribution is 2.30. The van der Waals surface area contributed by atoms with Gasteiger partial charge in [-0.15, -0.1) is 0 Å². The summed E-state index contributed by atoms with van der Waals surface area (Å²) < 4.78 is 0. The number of Topliss-reactive ketones (excluding diaryl/α,β-unsaturated/α-hetero) is 1. The van der Waals surface area contributed by atoms with Crippen LogP contribution in [0.1, 0.15) is 53.9 Å². The van der Waals surface area contributed by atoms with Crippen LogP contribution in [0.3, 0.4) is 0 Å². The van der Waals surface area contributed by atoms with Crippen LogP contribution in [-0.4, -0.2) is 5.78 Å². The predicted molar refractivity (Wildman–Crippen MR) is 53.2 cm³/mol. The third kappa shape index (κ3) is 3.89. The highest BCUT2D eigenvalue weighted by molar-refractivity contribution is 5.78. The van der Waals surface area contributed by atoms with Crippen LogP contribution in [0.4, 0.5) is 0 Å². The molecule has 0 rings (SSSR count). The molecule has 0 spiro atoms. The summed E-state index contributed by atoms with van der Waals surface area (Å²) in [6.45, 7) is 10.3. The number of carbonyl (C=O) groups excluding carboxylic acids is 1. The molecule has 0 saturated carbocycles. The van der Waals surface area contributed by atoms with E-state index in [0.717, 1.165) is 6.42 Å². The fraction of sp³-hybridized carbons (Fsp3) is 0.909. The molecule has 0 aromatic rings. The van der Waals surface area contributed by atoms with Crippen molar-refractivity contribution in [1.29, 1.82) is 0 Å². The molecule has 0 aliphatic rings. The van der Waals surface area contributed by atoms with Crippen molar-refractivity contribution in [3.63, 3.8) is 0 Å². The molecule has 0 bridgehead atoms. The smallest absolute Gasteiger partial charge is 0.133 e. The van der Waals surface area contributed by atoms with Crippen LogP contribution in [0, 0.1) is 11.3 Å². The van der Waals surface area contributed by atoms with E-state index in [0.29, 0.717) is 5.78 Å². The standard InChI is InChI=1S/C11H22O/c1-6-7-8-10(9(2)12)11(3,4)5/h10H,6-8H2,1-5H3/t10-/m1/s1. The van der Waals surface area contributed by atoms with Gasteiger partial charge >= 0.3 is 0 Å². The second-order valence-corrected chi connectivity index (χ2v) is 4.67. The van der Waals surface area contributed by atoms with E-state index >= 15 is 0 Å². The first-order valence-electron chi connectivity index (χ1n) is 4.90. The van der Waals surface area contributed by atoms with E-state index in [4.69, 9.17) is 0 Å². The molecule has 0 aromatic carbocycles. The summed E-state index contributed by atoms with van der Waals surface area (Å²) in [5.41, 5.74) is 0.140. The van der Waals surface area contributed by atoms with E-state index in [1.807, 2.05) is 0 Å². The van der Waals surface area contributed by atoms with E-state index < -0.39 is 0 Å². The van der Waals surface area contributed by atoms with E-state index in [9.17, 15) is 4.79 Å². The highest BCUT2D eigenvalue weighted by atomic mass is 16.1. The molecule has 1 heteroatoms. The molecule has 0 fully saturated rings. The second kappa shape index (κ2) is 4.64. The van der Waals surface area contributed by atoms with Gasteiger partial charge in [-0.2, -0.15) is 0 Å². The van der Waals surface area contributed by atoms with E-state index in [1.165, 1.54) is 12.8 Å². The number of hydrogen-bond acceptors (Lipinski definition) is 1. The van der Waals surface area contributed by atoms with Gasteiger partial charge in [0.25, 0.3) is 0 Å². The van der Waals surface area contributed by atoms with Gasteiger partial charge in [-0.05, 0) is 18.8 Å². The topological polar surface area (TPSA) is 17.1 Å². The largest absolute Gasteiger partial charge is 0.300 e. The average Bonchev–Trinajstić information content (AvgIpc) is 1.84. The predicted octanol–water partition coefficient (Wildman–Crippen LogP) is 3.43. The Labute approximate surface area is 76.6 Å². The number of hydrogen-bond donors (Lipinski definition) is 0. The lowest BCUT2D eigenvalue weighted by Crippen LogP contribution is -2.26. The molecule has 0 aliphatic carbocycles. The number of ketones is 1. The van der Waals surface area contributed by atoms with Gasteiger partial charge in [-0.1, -0.05) is 40.5 Å². The van der Waals surface area contributed by atoms with Gasteiger partial charge in [0.05, 0.1) is 0 Å². The number of rotatable bonds is 4. The molecule has 1 atom stereocenters. The fourth-order valence-corrected chi connectivity index (χ4v) is 1.65. The SMILES string of the molecule is CCCC[C@H](C(C)=O)C(C)(C)C. The molecule has 0 saturated heterocycles. The molecular formula is C11H22O. The Morgan fingerprint density at radius 3 is 2.08 bits per heavy atom. The lowest BCUT2D eigenvalue weighted by molar-refractivity contribution is -0.124. The minimum absolute atomic E-state index is 0.140. The van der Waals surface area contributed by atoms with Crippen molar-refractivity contribution in [2.45, 2.75) is 53.9 Å². The number of carbonyl (C=O) groups is 1. The van der Waals surface area contributed by atoms with Gasteiger partial charge in [0.1, 0.15) is 5.78 Å². The maximum atomic E-state index is 11.3. The summed E-state index contributed by atoms with van der Waals surface area (Å²) in [7, 11) is 0. The Hall–Kier alpha value is -0.330. The van der Waals surface area contributed by atoms with Crippen molar-refractivity contribution in [2.75, 3.05) is 0 Å². The number of unbranched alkanes of at least 4 members (excludes halogenated alkanes) is 1. The summed E-state index contributed by atoms with van der Waals surface area (Å²) in [6.07, 6.45) is 3.40. The highest BCUT2D eigenvalue weighted by Gasteiger charge is 2.27. The van der Waals surface area contributed by atoms with Crippen molar-refractivity contribution in [3.8, 4) is 0 Å². The Kier molecular flexibility index (Phi) is 4.51. The van der Waals surface area contributed by atoms with Crippen molar-refractivity contribution < 1.29 is 4.79 Å². The summed E-state index contributed by atoms with van der Waals surface area (Å²) in [6, 6.07) is 0. The molecule has 0 aromatic heterocycles. The minimum atomic E-state index is 0.140. The fourth-order valence-electron chi connectivity index (χ4n) is 1.65. The first kappa shape index (κ1) is 11.7.